The lowest BCUT2D eigenvalue weighted by Gasteiger charge is -2.12. The van der Waals surface area contributed by atoms with Crippen molar-refractivity contribution in [3.63, 3.8) is 0 Å². The molecule has 0 spiro atoms. The van der Waals surface area contributed by atoms with Gasteiger partial charge in [0.1, 0.15) is 0 Å². The number of amides is 1. The van der Waals surface area contributed by atoms with Crippen molar-refractivity contribution in [2.24, 2.45) is 0 Å². The summed E-state index contributed by atoms with van der Waals surface area (Å²) in [5.74, 6) is -0.0774. The predicted octanol–water partition coefficient (Wildman–Crippen LogP) is 5.45. The summed E-state index contributed by atoms with van der Waals surface area (Å²) in [4.78, 5) is 12.9. The average molecular weight is 403 g/mol. The van der Waals surface area contributed by atoms with Crippen LogP contribution in [0.25, 0.3) is 0 Å². The van der Waals surface area contributed by atoms with Crippen molar-refractivity contribution in [3.8, 4) is 0 Å². The second-order valence-electron chi connectivity index (χ2n) is 4.46. The summed E-state index contributed by atoms with van der Waals surface area (Å²) in [6.07, 6.45) is 0. The van der Waals surface area contributed by atoms with Crippen LogP contribution in [0, 0.1) is 20.8 Å². The number of benzene rings is 1. The van der Waals surface area contributed by atoms with Crippen LogP contribution in [0.5, 0.6) is 0 Å². The van der Waals surface area contributed by atoms with Gasteiger partial charge in [0.25, 0.3) is 5.91 Å². The van der Waals surface area contributed by atoms with E-state index in [-0.39, 0.29) is 5.91 Å². The van der Waals surface area contributed by atoms with Crippen molar-refractivity contribution in [1.82, 2.24) is 0 Å². The highest BCUT2D eigenvalue weighted by Gasteiger charge is 2.14. The molecule has 1 amide bonds. The smallest absolute Gasteiger partial charge is 0.265 e. The first-order chi connectivity index (χ1) is 8.88. The molecule has 1 N–H and O–H groups in total. The van der Waals surface area contributed by atoms with E-state index in [1.165, 1.54) is 16.9 Å². The molecule has 0 radical (unpaired) electrons. The standard InChI is InChI=1S/C14H13Br2NOS/c1-7-4-8(2)12(9(3)5-7)17-14(18)11-6-10(15)13(16)19-11/h4-6H,1-3H3,(H,17,18). The minimum atomic E-state index is -0.0774. The molecule has 19 heavy (non-hydrogen) atoms. The number of hydrogen-bond acceptors (Lipinski definition) is 2. The van der Waals surface area contributed by atoms with E-state index in [4.69, 9.17) is 0 Å². The Labute approximate surface area is 133 Å². The van der Waals surface area contributed by atoms with Gasteiger partial charge < -0.3 is 5.32 Å². The Morgan fingerprint density at radius 3 is 2.16 bits per heavy atom. The summed E-state index contributed by atoms with van der Waals surface area (Å²) < 4.78 is 1.83. The van der Waals surface area contributed by atoms with Crippen molar-refractivity contribution in [3.05, 3.63) is 48.0 Å². The van der Waals surface area contributed by atoms with Crippen molar-refractivity contribution in [2.45, 2.75) is 20.8 Å². The molecule has 5 heteroatoms. The predicted molar refractivity (Wildman–Crippen MR) is 88.3 cm³/mol. The SMILES string of the molecule is Cc1cc(C)c(NC(=O)c2cc(Br)c(Br)s2)c(C)c1. The molecule has 0 atom stereocenters. The van der Waals surface area contributed by atoms with Gasteiger partial charge in [0.2, 0.25) is 0 Å². The Balaban J connectivity index is 2.29. The number of carbonyl (C=O) groups is 1. The van der Waals surface area contributed by atoms with E-state index in [2.05, 4.69) is 56.2 Å². The number of nitrogens with one attached hydrogen (secondary N) is 1. The van der Waals surface area contributed by atoms with E-state index >= 15 is 0 Å². The highest BCUT2D eigenvalue weighted by molar-refractivity contribution is 9.13. The zero-order valence-electron chi connectivity index (χ0n) is 10.8. The summed E-state index contributed by atoms with van der Waals surface area (Å²) in [7, 11) is 0. The van der Waals surface area contributed by atoms with Crippen LogP contribution in [0.1, 0.15) is 26.4 Å². The van der Waals surface area contributed by atoms with E-state index in [1.807, 2.05) is 19.9 Å². The summed E-state index contributed by atoms with van der Waals surface area (Å²) in [5.41, 5.74) is 4.27. The number of hydrogen-bond donors (Lipinski definition) is 1. The molecular weight excluding hydrogens is 390 g/mol. The Bertz CT molecular complexity index is 606. The minimum Gasteiger partial charge on any atom is -0.321 e. The lowest BCUT2D eigenvalue weighted by atomic mass is 10.1. The maximum absolute atomic E-state index is 12.2. The molecule has 0 saturated heterocycles. The van der Waals surface area contributed by atoms with Crippen LogP contribution in [0.15, 0.2) is 26.5 Å². The summed E-state index contributed by atoms with van der Waals surface area (Å²) >= 11 is 8.21. The molecule has 0 saturated carbocycles. The highest BCUT2D eigenvalue weighted by atomic mass is 79.9. The third-order valence-corrected chi connectivity index (χ3v) is 6.04. The van der Waals surface area contributed by atoms with Crippen molar-refractivity contribution < 1.29 is 4.79 Å². The van der Waals surface area contributed by atoms with Crippen molar-refractivity contribution in [1.29, 1.82) is 0 Å². The summed E-state index contributed by atoms with van der Waals surface area (Å²) in [6, 6.07) is 5.97. The normalized spacial score (nSPS) is 10.6. The van der Waals surface area contributed by atoms with E-state index in [0.29, 0.717) is 4.88 Å². The van der Waals surface area contributed by atoms with Crippen LogP contribution >= 0.6 is 43.2 Å². The molecule has 0 fully saturated rings. The average Bonchev–Trinajstić information content (AvgIpc) is 2.64. The first-order valence-electron chi connectivity index (χ1n) is 5.72. The van der Waals surface area contributed by atoms with Gasteiger partial charge in [-0.3, -0.25) is 4.79 Å². The lowest BCUT2D eigenvalue weighted by molar-refractivity contribution is 0.103. The Hall–Kier alpha value is -0.650. The highest BCUT2D eigenvalue weighted by Crippen LogP contribution is 2.33. The Kier molecular flexibility index (Phi) is 4.48. The maximum Gasteiger partial charge on any atom is 0.265 e. The quantitative estimate of drug-likeness (QED) is 0.710. The maximum atomic E-state index is 12.2. The Morgan fingerprint density at radius 2 is 1.68 bits per heavy atom. The van der Waals surface area contributed by atoms with Crippen LogP contribution in [0.4, 0.5) is 5.69 Å². The van der Waals surface area contributed by atoms with Crippen LogP contribution in [0.3, 0.4) is 0 Å². The van der Waals surface area contributed by atoms with Gasteiger partial charge >= 0.3 is 0 Å². The third-order valence-electron chi connectivity index (χ3n) is 2.78. The van der Waals surface area contributed by atoms with Gasteiger partial charge in [-0.1, -0.05) is 17.7 Å². The molecule has 0 bridgehead atoms. The van der Waals surface area contributed by atoms with Gasteiger partial charge in [-0.05, 0) is 69.8 Å². The number of thiophene rings is 1. The van der Waals surface area contributed by atoms with Crippen molar-refractivity contribution >= 4 is 54.8 Å². The van der Waals surface area contributed by atoms with Crippen LogP contribution in [-0.2, 0) is 0 Å². The van der Waals surface area contributed by atoms with E-state index in [0.717, 1.165) is 25.1 Å². The fourth-order valence-electron chi connectivity index (χ4n) is 2.01. The fourth-order valence-corrected chi connectivity index (χ4v) is 3.94. The number of aryl methyl sites for hydroxylation is 3. The second kappa shape index (κ2) is 5.77. The first kappa shape index (κ1) is 14.8. The van der Waals surface area contributed by atoms with E-state index in [9.17, 15) is 4.79 Å². The molecule has 2 aromatic rings. The van der Waals surface area contributed by atoms with Gasteiger partial charge in [-0.15, -0.1) is 11.3 Å². The molecule has 1 aromatic heterocycles. The lowest BCUT2D eigenvalue weighted by Crippen LogP contribution is -2.12. The summed E-state index contributed by atoms with van der Waals surface area (Å²) in [5, 5.41) is 2.99. The molecule has 2 rings (SSSR count). The van der Waals surface area contributed by atoms with E-state index < -0.39 is 0 Å². The zero-order chi connectivity index (χ0) is 14.2. The topological polar surface area (TPSA) is 29.1 Å². The molecule has 1 heterocycles. The zero-order valence-corrected chi connectivity index (χ0v) is 14.8. The number of rotatable bonds is 2. The minimum absolute atomic E-state index is 0.0774. The molecule has 0 unspecified atom stereocenters. The molecule has 2 nitrogen and oxygen atoms in total. The van der Waals surface area contributed by atoms with E-state index in [1.54, 1.807) is 0 Å². The molecular formula is C14H13Br2NOS. The van der Waals surface area contributed by atoms with Gasteiger partial charge in [-0.2, -0.15) is 0 Å². The monoisotopic (exact) mass is 401 g/mol. The largest absolute Gasteiger partial charge is 0.321 e. The van der Waals surface area contributed by atoms with Crippen LogP contribution < -0.4 is 5.32 Å². The molecule has 0 aliphatic rings. The van der Waals surface area contributed by atoms with Crippen molar-refractivity contribution in [2.75, 3.05) is 5.32 Å². The molecule has 0 aliphatic carbocycles. The fraction of sp³-hybridized carbons (Fsp3) is 0.214. The molecule has 100 valence electrons. The summed E-state index contributed by atoms with van der Waals surface area (Å²) in [6.45, 7) is 6.07. The van der Waals surface area contributed by atoms with Gasteiger partial charge in [0, 0.05) is 10.2 Å². The Morgan fingerprint density at radius 1 is 1.11 bits per heavy atom. The molecule has 1 aromatic carbocycles. The van der Waals surface area contributed by atoms with Gasteiger partial charge in [0.15, 0.2) is 0 Å². The number of halogens is 2. The first-order valence-corrected chi connectivity index (χ1v) is 8.12. The van der Waals surface area contributed by atoms with Gasteiger partial charge in [-0.25, -0.2) is 0 Å². The number of carbonyl (C=O) groups excluding carboxylic acids is 1. The number of anilines is 1. The van der Waals surface area contributed by atoms with Gasteiger partial charge in [0.05, 0.1) is 8.66 Å². The molecule has 0 aliphatic heterocycles. The van der Waals surface area contributed by atoms with Crippen LogP contribution in [-0.4, -0.2) is 5.91 Å². The van der Waals surface area contributed by atoms with Crippen LogP contribution in [0.2, 0.25) is 0 Å². The second-order valence-corrected chi connectivity index (χ2v) is 7.68. The third kappa shape index (κ3) is 3.27.